The standard InChI is InChI=1S/C20H25FN2O4S/c1-4-23(5-2)28(25,26)19-11-6-8-16(14-19)20(24)22(3)12-13-27-18-10-7-9-17(21)15-18/h6-11,14-15H,4-5,12-13H2,1-3H3. The molecule has 0 unspecified atom stereocenters. The minimum absolute atomic E-state index is 0.0893. The highest BCUT2D eigenvalue weighted by atomic mass is 32.2. The molecule has 0 bridgehead atoms. The number of nitrogens with zero attached hydrogens (tertiary/aromatic N) is 2. The van der Waals surface area contributed by atoms with Gasteiger partial charge in [-0.15, -0.1) is 0 Å². The highest BCUT2D eigenvalue weighted by molar-refractivity contribution is 7.89. The Hall–Kier alpha value is -2.45. The summed E-state index contributed by atoms with van der Waals surface area (Å²) in [6, 6.07) is 11.8. The summed E-state index contributed by atoms with van der Waals surface area (Å²) in [5.41, 5.74) is 0.279. The molecule has 8 heteroatoms. The van der Waals surface area contributed by atoms with E-state index in [1.165, 1.54) is 33.5 Å². The van der Waals surface area contributed by atoms with Crippen LogP contribution < -0.4 is 4.74 Å². The van der Waals surface area contributed by atoms with Gasteiger partial charge in [-0.1, -0.05) is 26.0 Å². The number of benzene rings is 2. The maximum Gasteiger partial charge on any atom is 0.253 e. The fraction of sp³-hybridized carbons (Fsp3) is 0.350. The third-order valence-electron chi connectivity index (χ3n) is 4.26. The average Bonchev–Trinajstić information content (AvgIpc) is 2.68. The minimum Gasteiger partial charge on any atom is -0.492 e. The molecule has 0 aliphatic heterocycles. The summed E-state index contributed by atoms with van der Waals surface area (Å²) >= 11 is 0. The number of amides is 1. The molecule has 0 N–H and O–H groups in total. The third-order valence-corrected chi connectivity index (χ3v) is 6.31. The summed E-state index contributed by atoms with van der Waals surface area (Å²) in [6.45, 7) is 4.69. The van der Waals surface area contributed by atoms with Crippen molar-refractivity contribution in [3.63, 3.8) is 0 Å². The van der Waals surface area contributed by atoms with Crippen LogP contribution in [0.5, 0.6) is 5.75 Å². The van der Waals surface area contributed by atoms with Crippen LogP contribution in [0, 0.1) is 5.82 Å². The molecule has 0 heterocycles. The van der Waals surface area contributed by atoms with Crippen molar-refractivity contribution < 1.29 is 22.3 Å². The predicted octanol–water partition coefficient (Wildman–Crippen LogP) is 3.01. The fourth-order valence-corrected chi connectivity index (χ4v) is 4.19. The zero-order valence-corrected chi connectivity index (χ0v) is 17.1. The molecule has 0 saturated carbocycles. The summed E-state index contributed by atoms with van der Waals surface area (Å²) in [6.07, 6.45) is 0. The van der Waals surface area contributed by atoms with E-state index >= 15 is 0 Å². The number of carbonyl (C=O) groups excluding carboxylic acids is 1. The van der Waals surface area contributed by atoms with Gasteiger partial charge in [0.2, 0.25) is 10.0 Å². The van der Waals surface area contributed by atoms with Crippen molar-refractivity contribution in [2.45, 2.75) is 18.7 Å². The van der Waals surface area contributed by atoms with Crippen LogP contribution >= 0.6 is 0 Å². The number of hydrogen-bond donors (Lipinski definition) is 0. The molecule has 152 valence electrons. The zero-order valence-electron chi connectivity index (χ0n) is 16.3. The van der Waals surface area contributed by atoms with E-state index in [0.29, 0.717) is 18.8 Å². The van der Waals surface area contributed by atoms with Crippen molar-refractivity contribution >= 4 is 15.9 Å². The Kier molecular flexibility index (Phi) is 7.53. The molecule has 6 nitrogen and oxygen atoms in total. The molecule has 0 aromatic heterocycles. The number of rotatable bonds is 9. The maximum absolute atomic E-state index is 13.1. The first kappa shape index (κ1) is 21.8. The van der Waals surface area contributed by atoms with E-state index in [0.717, 1.165) is 0 Å². The first-order valence-electron chi connectivity index (χ1n) is 9.03. The van der Waals surface area contributed by atoms with Gasteiger partial charge in [-0.05, 0) is 30.3 Å². The van der Waals surface area contributed by atoms with Crippen molar-refractivity contribution in [3.05, 3.63) is 59.9 Å². The van der Waals surface area contributed by atoms with E-state index in [2.05, 4.69) is 0 Å². The number of likely N-dealkylation sites (N-methyl/N-ethyl adjacent to an activating group) is 1. The summed E-state index contributed by atoms with van der Waals surface area (Å²) < 4.78 is 45.2. The largest absolute Gasteiger partial charge is 0.492 e. The first-order valence-corrected chi connectivity index (χ1v) is 10.5. The summed E-state index contributed by atoms with van der Waals surface area (Å²) in [5, 5.41) is 0. The van der Waals surface area contributed by atoms with Crippen molar-refractivity contribution in [2.24, 2.45) is 0 Å². The molecule has 0 aliphatic carbocycles. The number of ether oxygens (including phenoxy) is 1. The van der Waals surface area contributed by atoms with E-state index in [4.69, 9.17) is 4.74 Å². The Labute approximate surface area is 165 Å². The van der Waals surface area contributed by atoms with E-state index in [1.54, 1.807) is 45.2 Å². The number of sulfonamides is 1. The highest BCUT2D eigenvalue weighted by Gasteiger charge is 2.23. The smallest absolute Gasteiger partial charge is 0.253 e. The minimum atomic E-state index is -3.64. The molecule has 0 spiro atoms. The summed E-state index contributed by atoms with van der Waals surface area (Å²) in [4.78, 5) is 14.2. The van der Waals surface area contributed by atoms with Crippen molar-refractivity contribution in [2.75, 3.05) is 33.3 Å². The lowest BCUT2D eigenvalue weighted by Crippen LogP contribution is -2.32. The molecule has 1 amide bonds. The van der Waals surface area contributed by atoms with Gasteiger partial charge in [-0.3, -0.25) is 4.79 Å². The van der Waals surface area contributed by atoms with Gasteiger partial charge in [-0.2, -0.15) is 4.31 Å². The summed E-state index contributed by atoms with van der Waals surface area (Å²) in [7, 11) is -2.04. The second-order valence-electron chi connectivity index (χ2n) is 6.15. The second-order valence-corrected chi connectivity index (χ2v) is 8.09. The van der Waals surface area contributed by atoms with Gasteiger partial charge in [0, 0.05) is 31.8 Å². The molecule has 2 rings (SSSR count). The Balaban J connectivity index is 2.05. The van der Waals surface area contributed by atoms with Crippen LogP contribution in [0.1, 0.15) is 24.2 Å². The van der Waals surface area contributed by atoms with Crippen LogP contribution in [0.25, 0.3) is 0 Å². The molecule has 0 radical (unpaired) electrons. The van der Waals surface area contributed by atoms with Gasteiger partial charge < -0.3 is 9.64 Å². The Morgan fingerprint density at radius 3 is 2.39 bits per heavy atom. The van der Waals surface area contributed by atoms with Gasteiger partial charge >= 0.3 is 0 Å². The number of halogens is 1. The Bertz CT molecular complexity index is 914. The topological polar surface area (TPSA) is 66.9 Å². The van der Waals surface area contributed by atoms with Crippen molar-refractivity contribution in [1.29, 1.82) is 0 Å². The zero-order chi connectivity index (χ0) is 20.7. The van der Waals surface area contributed by atoms with Crippen LogP contribution in [0.2, 0.25) is 0 Å². The van der Waals surface area contributed by atoms with Crippen molar-refractivity contribution in [1.82, 2.24) is 9.21 Å². The molecule has 0 saturated heterocycles. The maximum atomic E-state index is 13.1. The summed E-state index contributed by atoms with van der Waals surface area (Å²) in [5.74, 6) is -0.333. The second kappa shape index (κ2) is 9.66. The van der Waals surface area contributed by atoms with E-state index in [-0.39, 0.29) is 29.5 Å². The molecule has 0 atom stereocenters. The number of carbonyl (C=O) groups is 1. The number of hydrogen-bond acceptors (Lipinski definition) is 4. The Morgan fingerprint density at radius 2 is 1.75 bits per heavy atom. The SMILES string of the molecule is CCN(CC)S(=O)(=O)c1cccc(C(=O)N(C)CCOc2cccc(F)c2)c1. The van der Waals surface area contributed by atoms with Gasteiger partial charge in [0.05, 0.1) is 11.4 Å². The third kappa shape index (κ3) is 5.30. The highest BCUT2D eigenvalue weighted by Crippen LogP contribution is 2.18. The predicted molar refractivity (Wildman–Crippen MR) is 105 cm³/mol. The van der Waals surface area contributed by atoms with Gasteiger partial charge in [-0.25, -0.2) is 12.8 Å². The molecule has 0 aliphatic rings. The quantitative estimate of drug-likeness (QED) is 0.640. The van der Waals surface area contributed by atoms with Crippen LogP contribution in [-0.4, -0.2) is 56.8 Å². The van der Waals surface area contributed by atoms with Gasteiger partial charge in [0.1, 0.15) is 18.2 Å². The molecule has 2 aromatic carbocycles. The van der Waals surface area contributed by atoms with E-state index in [1.807, 2.05) is 0 Å². The first-order chi connectivity index (χ1) is 13.3. The Morgan fingerprint density at radius 1 is 1.07 bits per heavy atom. The lowest BCUT2D eigenvalue weighted by Gasteiger charge is -2.20. The van der Waals surface area contributed by atoms with Crippen LogP contribution in [0.3, 0.4) is 0 Å². The molecular formula is C20H25FN2O4S. The van der Waals surface area contributed by atoms with Crippen LogP contribution in [-0.2, 0) is 10.0 Å². The molecule has 28 heavy (non-hydrogen) atoms. The lowest BCUT2D eigenvalue weighted by molar-refractivity contribution is 0.0773. The molecular weight excluding hydrogens is 383 g/mol. The van der Waals surface area contributed by atoms with Crippen LogP contribution in [0.15, 0.2) is 53.4 Å². The van der Waals surface area contributed by atoms with Gasteiger partial charge in [0.15, 0.2) is 0 Å². The molecule has 2 aromatic rings. The van der Waals surface area contributed by atoms with Crippen molar-refractivity contribution in [3.8, 4) is 5.75 Å². The lowest BCUT2D eigenvalue weighted by atomic mass is 10.2. The average molecular weight is 408 g/mol. The van der Waals surface area contributed by atoms with E-state index in [9.17, 15) is 17.6 Å². The molecule has 0 fully saturated rings. The van der Waals surface area contributed by atoms with Gasteiger partial charge in [0.25, 0.3) is 5.91 Å². The monoisotopic (exact) mass is 408 g/mol. The van der Waals surface area contributed by atoms with E-state index < -0.39 is 15.8 Å². The normalized spacial score (nSPS) is 11.5. The van der Waals surface area contributed by atoms with Crippen LogP contribution in [0.4, 0.5) is 4.39 Å². The fourth-order valence-electron chi connectivity index (χ4n) is 2.68.